The average Bonchev–Trinajstić information content (AvgIpc) is 1.54. The second-order valence-corrected chi connectivity index (χ2v) is 31.7. The van der Waals surface area contributed by atoms with Gasteiger partial charge in [-0.3, -0.25) is 0 Å². The first-order valence-corrected chi connectivity index (χ1v) is 41.8. The van der Waals surface area contributed by atoms with E-state index in [1.807, 2.05) is 0 Å². The molecule has 3 aromatic carbocycles. The van der Waals surface area contributed by atoms with E-state index < -0.39 is 0 Å². The molecule has 5 aromatic rings. The molecule has 0 amide bonds. The summed E-state index contributed by atoms with van der Waals surface area (Å²) >= 11 is 5.14. The van der Waals surface area contributed by atoms with Crippen LogP contribution >= 0.6 is 45.2 Å². The number of fused-ring (bicyclic) bond motifs is 10. The van der Waals surface area contributed by atoms with E-state index in [2.05, 4.69) is 97.1 Å². The molecule has 0 unspecified atom stereocenters. The molecule has 8 heteroatoms. The van der Waals surface area contributed by atoms with E-state index in [-0.39, 0.29) is 40.8 Å². The molecule has 0 fully saturated rings. The summed E-state index contributed by atoms with van der Waals surface area (Å²) in [4.78, 5) is 0. The van der Waals surface area contributed by atoms with Crippen molar-refractivity contribution in [1.29, 1.82) is 0 Å². The van der Waals surface area contributed by atoms with E-state index in [9.17, 15) is 0 Å². The molecule has 2 heterocycles. The van der Waals surface area contributed by atoms with Crippen LogP contribution in [0, 0.1) is 7.14 Å². The normalized spacial score (nSPS) is 13.9. The first kappa shape index (κ1) is 70.8. The molecular weight excluding hydrogens is 1380 g/mol. The Kier molecular flexibility index (Phi) is 34.5. The van der Waals surface area contributed by atoms with Crippen molar-refractivity contribution in [2.45, 2.75) is 372 Å². The Labute approximate surface area is 556 Å². The van der Waals surface area contributed by atoms with Crippen molar-refractivity contribution < 1.29 is 0 Å². The van der Waals surface area contributed by atoms with Gasteiger partial charge in [0.15, 0.2) is 0 Å². The van der Waals surface area contributed by atoms with Crippen LogP contribution in [0.4, 0.5) is 0 Å². The van der Waals surface area contributed by atoms with E-state index >= 15 is 0 Å². The van der Waals surface area contributed by atoms with Crippen LogP contribution in [0.1, 0.15) is 384 Å². The van der Waals surface area contributed by atoms with Crippen molar-refractivity contribution in [2.24, 2.45) is 0 Å². The van der Waals surface area contributed by atoms with Gasteiger partial charge in [-0.1, -0.05) is 182 Å². The predicted molar refractivity (Wildman–Crippen MR) is 387 cm³/mol. The number of aromatic nitrogens is 4. The predicted octanol–water partition coefficient (Wildman–Crippen LogP) is 25.8. The zero-order valence-electron chi connectivity index (χ0n) is 54.4. The quantitative estimate of drug-likeness (QED) is 0.0221. The summed E-state index contributed by atoms with van der Waals surface area (Å²) in [5.41, 5.74) is 17.3. The first-order valence-electron chi connectivity index (χ1n) is 36.6. The van der Waals surface area contributed by atoms with Gasteiger partial charge in [-0.05, 0) is 0 Å². The van der Waals surface area contributed by atoms with E-state index in [1.165, 1.54) is 385 Å². The van der Waals surface area contributed by atoms with E-state index in [0.717, 1.165) is 0 Å². The fourth-order valence-electron chi connectivity index (χ4n) is 15.6. The summed E-state index contributed by atoms with van der Waals surface area (Å²) in [6.45, 7) is 9.34. The van der Waals surface area contributed by atoms with Gasteiger partial charge in [0.05, 0.1) is 0 Å². The number of halogens is 2. The zero-order valence-corrected chi connectivity index (χ0v) is 62.2. The maximum absolute atomic E-state index is 5.45. The van der Waals surface area contributed by atoms with Crippen LogP contribution in [0.2, 0.25) is 0 Å². The van der Waals surface area contributed by atoms with E-state index in [1.54, 1.807) is 22.3 Å². The van der Waals surface area contributed by atoms with Gasteiger partial charge in [-0.15, -0.1) is 0 Å². The Morgan fingerprint density at radius 2 is 0.464 bits per heavy atom. The third-order valence-electron chi connectivity index (χ3n) is 20.6. The van der Waals surface area contributed by atoms with Crippen LogP contribution in [0.25, 0.3) is 44.3 Å². The van der Waals surface area contributed by atoms with Crippen LogP contribution in [-0.4, -0.2) is 45.8 Å². The molecule has 4 nitrogen and oxygen atoms in total. The Morgan fingerprint density at radius 1 is 0.262 bits per heavy atom. The fraction of sp³-hybridized carbons (Fsp3) is 0.763. The summed E-state index contributed by atoms with van der Waals surface area (Å²) in [7, 11) is 0. The van der Waals surface area contributed by atoms with Crippen LogP contribution in [0.5, 0.6) is 0 Å². The van der Waals surface area contributed by atoms with Crippen LogP contribution in [0.15, 0.2) is 24.3 Å². The molecule has 2 aromatic heterocycles. The summed E-state index contributed by atoms with van der Waals surface area (Å²) in [6, 6.07) is 11.0. The molecule has 7 rings (SSSR count). The average molecular weight is 1500 g/mol. The van der Waals surface area contributed by atoms with Gasteiger partial charge in [0.25, 0.3) is 0 Å². The summed E-state index contributed by atoms with van der Waals surface area (Å²) in [5.74, 6) is 0. The van der Waals surface area contributed by atoms with E-state index in [0.29, 0.717) is 0 Å². The fourth-order valence-corrected chi connectivity index (χ4v) is 20.1. The number of rotatable bonds is 52. The number of nitrogens with zero attached hydrogens (tertiary/aromatic N) is 4. The summed E-state index contributed by atoms with van der Waals surface area (Å²) < 4.78 is 24.0. The molecule has 0 saturated heterocycles. The number of hydrogen-bond donors (Lipinski definition) is 0. The van der Waals surface area contributed by atoms with Crippen molar-refractivity contribution in [2.75, 3.05) is 0 Å². The Hall–Kier alpha value is -0.641. The van der Waals surface area contributed by atoms with Gasteiger partial charge in [0.1, 0.15) is 0 Å². The van der Waals surface area contributed by atoms with E-state index in [4.69, 9.17) is 15.9 Å². The summed E-state index contributed by atoms with van der Waals surface area (Å²) in [6.07, 6.45) is 71.8. The minimum atomic E-state index is -0.0855. The molecule has 84 heavy (non-hydrogen) atoms. The molecule has 0 spiro atoms. The molecule has 0 aliphatic heterocycles. The molecular formula is C76H120I2N4Se2. The maximum atomic E-state index is 5.45. The third-order valence-corrected chi connectivity index (χ3v) is 24.4. The van der Waals surface area contributed by atoms with Gasteiger partial charge in [0, 0.05) is 0 Å². The number of benzene rings is 3. The van der Waals surface area contributed by atoms with Gasteiger partial charge in [-0.25, -0.2) is 0 Å². The zero-order chi connectivity index (χ0) is 58.9. The molecule has 470 valence electrons. The molecule has 0 atom stereocenters. The van der Waals surface area contributed by atoms with Crippen LogP contribution < -0.4 is 0 Å². The van der Waals surface area contributed by atoms with Crippen LogP contribution in [-0.2, 0) is 10.8 Å². The van der Waals surface area contributed by atoms with Crippen molar-refractivity contribution in [3.05, 3.63) is 53.7 Å². The minimum absolute atomic E-state index is 0.0228. The molecule has 0 radical (unpaired) electrons. The number of hydrogen-bond acceptors (Lipinski definition) is 4. The monoisotopic (exact) mass is 1500 g/mol. The van der Waals surface area contributed by atoms with Crippen molar-refractivity contribution in [1.82, 2.24) is 15.9 Å². The molecule has 2 aliphatic carbocycles. The Balaban J connectivity index is 1.19. The SMILES string of the molecule is CCCCCCCCCCCCCCC1(CCCCCCCCCCCCCC)c2cc3c(cc2-c2c1cc(I)c1n[se]nc21)C(CCCCCCCCCCCCCC)(CCCCCCCCCCCCCC)c1cc(I)c2n[se]nc2c1-3. The topological polar surface area (TPSA) is 51.6 Å². The third kappa shape index (κ3) is 20.7. The summed E-state index contributed by atoms with van der Waals surface area (Å²) in [5, 5.41) is 0. The second kappa shape index (κ2) is 41.0. The van der Waals surface area contributed by atoms with Gasteiger partial charge < -0.3 is 0 Å². The van der Waals surface area contributed by atoms with Crippen molar-refractivity contribution >= 4 is 97.2 Å². The number of unbranched alkanes of at least 4 members (excludes halogenated alkanes) is 44. The Bertz CT molecular complexity index is 2350. The second-order valence-electron chi connectivity index (χ2n) is 27.1. The molecule has 2 aliphatic rings. The first-order chi connectivity index (χ1) is 41.5. The molecule has 0 bridgehead atoms. The van der Waals surface area contributed by atoms with Crippen LogP contribution in [0.3, 0.4) is 0 Å². The molecule has 0 saturated carbocycles. The van der Waals surface area contributed by atoms with Gasteiger partial charge in [-0.2, -0.15) is 0 Å². The van der Waals surface area contributed by atoms with Crippen molar-refractivity contribution in [3.63, 3.8) is 0 Å². The van der Waals surface area contributed by atoms with Gasteiger partial charge >= 0.3 is 380 Å². The Morgan fingerprint density at radius 3 is 0.690 bits per heavy atom. The standard InChI is InChI=1S/C76H120I2N4Se2/c1-5-9-13-17-21-25-29-33-37-41-45-49-53-75(54-50-46-42-38-34-30-26-22-18-14-10-6-2)63-57-62-64(58-61(63)69-65(75)59-67(77)71-73(69)81-83-79-71)76(66-60-68(78)72-74(70(62)66)82-84-80-72,55-51-47-43-39-35-31-27-23-19-15-11-7-3)56-52-48-44-40-36-32-28-24-20-16-12-8-4/h57-60H,5-56H2,1-4H3. The van der Waals surface area contributed by atoms with Gasteiger partial charge in [0.2, 0.25) is 0 Å². The van der Waals surface area contributed by atoms with Crippen molar-refractivity contribution in [3.8, 4) is 22.3 Å². The molecule has 0 N–H and O–H groups in total.